The van der Waals surface area contributed by atoms with Gasteiger partial charge in [0.1, 0.15) is 0 Å². The predicted octanol–water partition coefficient (Wildman–Crippen LogP) is 3.31. The number of sulfonamides is 1. The van der Waals surface area contributed by atoms with Crippen molar-refractivity contribution in [3.05, 3.63) is 65.2 Å². The molecule has 1 aliphatic heterocycles. The lowest BCUT2D eigenvalue weighted by Gasteiger charge is -2.11. The number of rotatable bonds is 9. The van der Waals surface area contributed by atoms with Crippen LogP contribution in [0.5, 0.6) is 0 Å². The van der Waals surface area contributed by atoms with E-state index in [9.17, 15) is 18.0 Å². The molecule has 3 rings (SSSR count). The number of nitrogens with one attached hydrogen (secondary N) is 1. The number of esters is 1. The molecular weight excluding hydrogens is 418 g/mol. The van der Waals surface area contributed by atoms with Crippen molar-refractivity contribution in [2.24, 2.45) is 0 Å². The first-order chi connectivity index (χ1) is 14.8. The molecule has 1 saturated heterocycles. The highest BCUT2D eigenvalue weighted by Crippen LogP contribution is 2.16. The number of benzene rings is 2. The maximum Gasteiger partial charge on any atom is 0.338 e. The molecule has 8 heteroatoms. The van der Waals surface area contributed by atoms with Gasteiger partial charge in [-0.1, -0.05) is 38.1 Å². The number of ketones is 1. The van der Waals surface area contributed by atoms with E-state index < -0.39 is 16.0 Å². The largest absolute Gasteiger partial charge is 0.454 e. The Morgan fingerprint density at radius 3 is 2.29 bits per heavy atom. The Labute approximate surface area is 182 Å². The van der Waals surface area contributed by atoms with Crippen molar-refractivity contribution >= 4 is 21.8 Å². The summed E-state index contributed by atoms with van der Waals surface area (Å²) in [5, 5.41) is 0. The summed E-state index contributed by atoms with van der Waals surface area (Å²) in [6, 6.07) is 12.6. The zero-order valence-electron chi connectivity index (χ0n) is 17.7. The van der Waals surface area contributed by atoms with E-state index in [1.54, 1.807) is 12.1 Å². The highest BCUT2D eigenvalue weighted by Gasteiger charge is 2.21. The van der Waals surface area contributed by atoms with Gasteiger partial charge in [-0.3, -0.25) is 4.79 Å². The zero-order chi connectivity index (χ0) is 22.4. The molecule has 0 saturated carbocycles. The number of hydrogen-bond acceptors (Lipinski definition) is 6. The molecule has 0 bridgehead atoms. The van der Waals surface area contributed by atoms with Crippen LogP contribution in [0.15, 0.2) is 53.4 Å². The summed E-state index contributed by atoms with van der Waals surface area (Å²) in [6.07, 6.45) is 1.64. The van der Waals surface area contributed by atoms with E-state index in [2.05, 4.69) is 18.6 Å². The maximum absolute atomic E-state index is 12.4. The van der Waals surface area contributed by atoms with Gasteiger partial charge in [0.15, 0.2) is 12.4 Å². The quantitative estimate of drug-likeness (QED) is 0.470. The van der Waals surface area contributed by atoms with Crippen molar-refractivity contribution in [3.8, 4) is 0 Å². The SMILES string of the molecule is CC(C)c1ccc(C(=O)COC(=O)c2ccc(S(=O)(=O)NCC3CCCO3)cc2)cc1. The Bertz CT molecular complexity index is 1010. The first-order valence-corrected chi connectivity index (χ1v) is 11.8. The minimum Gasteiger partial charge on any atom is -0.454 e. The average molecular weight is 446 g/mol. The predicted molar refractivity (Wildman–Crippen MR) is 116 cm³/mol. The van der Waals surface area contributed by atoms with Gasteiger partial charge >= 0.3 is 5.97 Å². The number of Topliss-reactive ketones (excluding diaryl/α,β-unsaturated/α-hetero) is 1. The second-order valence-electron chi connectivity index (χ2n) is 7.79. The fraction of sp³-hybridized carbons (Fsp3) is 0.391. The van der Waals surface area contributed by atoms with Crippen LogP contribution in [0, 0.1) is 0 Å². The van der Waals surface area contributed by atoms with Gasteiger partial charge in [0.05, 0.1) is 16.6 Å². The number of carbonyl (C=O) groups excluding carboxylic acids is 2. The van der Waals surface area contributed by atoms with E-state index in [0.29, 0.717) is 18.1 Å². The van der Waals surface area contributed by atoms with Crippen LogP contribution in [-0.2, 0) is 19.5 Å². The molecule has 1 atom stereocenters. The lowest BCUT2D eigenvalue weighted by molar-refractivity contribution is 0.0474. The molecule has 2 aromatic rings. The Hall–Kier alpha value is -2.55. The van der Waals surface area contributed by atoms with Crippen LogP contribution in [0.1, 0.15) is 58.9 Å². The van der Waals surface area contributed by atoms with Gasteiger partial charge in [0, 0.05) is 18.7 Å². The molecule has 31 heavy (non-hydrogen) atoms. The smallest absolute Gasteiger partial charge is 0.338 e. The summed E-state index contributed by atoms with van der Waals surface area (Å²) in [5.74, 6) is -0.635. The molecule has 1 unspecified atom stereocenters. The number of ether oxygens (including phenoxy) is 2. The van der Waals surface area contributed by atoms with Crippen molar-refractivity contribution in [1.82, 2.24) is 4.72 Å². The maximum atomic E-state index is 12.4. The summed E-state index contributed by atoms with van der Waals surface area (Å²) in [6.45, 7) is 4.61. The third-order valence-electron chi connectivity index (χ3n) is 5.16. The molecule has 166 valence electrons. The average Bonchev–Trinajstić information content (AvgIpc) is 3.30. The van der Waals surface area contributed by atoms with Gasteiger partial charge in [-0.15, -0.1) is 0 Å². The van der Waals surface area contributed by atoms with Gasteiger partial charge in [-0.05, 0) is 48.6 Å². The molecule has 0 amide bonds. The Kier molecular flexibility index (Phi) is 7.59. The van der Waals surface area contributed by atoms with Gasteiger partial charge in [0.25, 0.3) is 0 Å². The third-order valence-corrected chi connectivity index (χ3v) is 6.60. The van der Waals surface area contributed by atoms with E-state index >= 15 is 0 Å². The van der Waals surface area contributed by atoms with E-state index in [4.69, 9.17) is 9.47 Å². The molecule has 1 fully saturated rings. The second kappa shape index (κ2) is 10.2. The molecule has 1 N–H and O–H groups in total. The summed E-state index contributed by atoms with van der Waals surface area (Å²) >= 11 is 0. The molecule has 0 radical (unpaired) electrons. The van der Waals surface area contributed by atoms with Gasteiger partial charge in [-0.25, -0.2) is 17.9 Å². The minimum absolute atomic E-state index is 0.0448. The van der Waals surface area contributed by atoms with E-state index in [1.807, 2.05) is 12.1 Å². The van der Waals surface area contributed by atoms with Crippen LogP contribution in [0.2, 0.25) is 0 Å². The highest BCUT2D eigenvalue weighted by atomic mass is 32.2. The van der Waals surface area contributed by atoms with Gasteiger partial charge in [0.2, 0.25) is 10.0 Å². The third kappa shape index (κ3) is 6.22. The normalized spacial score (nSPS) is 16.4. The van der Waals surface area contributed by atoms with Crippen molar-refractivity contribution in [2.45, 2.75) is 43.6 Å². The summed E-state index contributed by atoms with van der Waals surface area (Å²) in [7, 11) is -3.70. The first kappa shape index (κ1) is 23.1. The van der Waals surface area contributed by atoms with E-state index in [-0.39, 0.29) is 35.5 Å². The first-order valence-electron chi connectivity index (χ1n) is 10.3. The van der Waals surface area contributed by atoms with Crippen LogP contribution in [0.25, 0.3) is 0 Å². The Morgan fingerprint density at radius 2 is 1.71 bits per heavy atom. The van der Waals surface area contributed by atoms with Crippen LogP contribution >= 0.6 is 0 Å². The monoisotopic (exact) mass is 445 g/mol. The zero-order valence-corrected chi connectivity index (χ0v) is 18.5. The topological polar surface area (TPSA) is 98.8 Å². The fourth-order valence-corrected chi connectivity index (χ4v) is 4.28. The van der Waals surface area contributed by atoms with Crippen molar-refractivity contribution < 1.29 is 27.5 Å². The summed E-state index contributed by atoms with van der Waals surface area (Å²) in [5.41, 5.74) is 1.76. The fourth-order valence-electron chi connectivity index (χ4n) is 3.21. The number of carbonyl (C=O) groups is 2. The molecule has 2 aromatic carbocycles. The molecule has 7 nitrogen and oxygen atoms in total. The van der Waals surface area contributed by atoms with Crippen LogP contribution in [0.3, 0.4) is 0 Å². The van der Waals surface area contributed by atoms with Gasteiger partial charge in [-0.2, -0.15) is 0 Å². The van der Waals surface area contributed by atoms with Crippen molar-refractivity contribution in [1.29, 1.82) is 0 Å². The van der Waals surface area contributed by atoms with Gasteiger partial charge < -0.3 is 9.47 Å². The standard InChI is InChI=1S/C23H27NO6S/c1-16(2)17-5-7-18(8-6-17)22(25)15-30-23(26)19-9-11-21(12-10-19)31(27,28)24-14-20-4-3-13-29-20/h5-12,16,20,24H,3-4,13-15H2,1-2H3. The molecular formula is C23H27NO6S. The summed E-state index contributed by atoms with van der Waals surface area (Å²) < 4.78 is 37.8. The Balaban J connectivity index is 1.54. The van der Waals surface area contributed by atoms with Crippen LogP contribution in [-0.4, -0.2) is 46.0 Å². The van der Waals surface area contributed by atoms with Crippen LogP contribution in [0.4, 0.5) is 0 Å². The highest BCUT2D eigenvalue weighted by molar-refractivity contribution is 7.89. The lowest BCUT2D eigenvalue weighted by atomic mass is 10.0. The molecule has 1 heterocycles. The molecule has 0 aromatic heterocycles. The van der Waals surface area contributed by atoms with E-state index in [0.717, 1.165) is 18.4 Å². The minimum atomic E-state index is -3.70. The van der Waals surface area contributed by atoms with Crippen LogP contribution < -0.4 is 4.72 Å². The summed E-state index contributed by atoms with van der Waals surface area (Å²) in [4.78, 5) is 24.5. The molecule has 1 aliphatic rings. The lowest BCUT2D eigenvalue weighted by Crippen LogP contribution is -2.31. The Morgan fingerprint density at radius 1 is 1.06 bits per heavy atom. The number of hydrogen-bond donors (Lipinski definition) is 1. The molecule has 0 spiro atoms. The second-order valence-corrected chi connectivity index (χ2v) is 9.55. The van der Waals surface area contributed by atoms with Crippen molar-refractivity contribution in [3.63, 3.8) is 0 Å². The molecule has 0 aliphatic carbocycles. The van der Waals surface area contributed by atoms with Crippen molar-refractivity contribution in [2.75, 3.05) is 19.8 Å². The van der Waals surface area contributed by atoms with E-state index in [1.165, 1.54) is 24.3 Å².